The monoisotopic (exact) mass is 477 g/mol. The van der Waals surface area contributed by atoms with Crippen molar-refractivity contribution in [2.24, 2.45) is 5.41 Å². The molecule has 0 spiro atoms. The quantitative estimate of drug-likeness (QED) is 0.587. The van der Waals surface area contributed by atoms with Crippen molar-refractivity contribution in [3.05, 3.63) is 53.6 Å². The average Bonchev–Trinajstić information content (AvgIpc) is 3.37. The van der Waals surface area contributed by atoms with Crippen LogP contribution < -0.4 is 4.74 Å². The molecule has 2 N–H and O–H groups in total. The Morgan fingerprint density at radius 3 is 2.63 bits per heavy atom. The van der Waals surface area contributed by atoms with Crippen LogP contribution in [0.2, 0.25) is 0 Å². The molecule has 4 heterocycles. The molecule has 2 aromatic carbocycles. The Kier molecular flexibility index (Phi) is 6.68. The molecule has 2 bridgehead atoms. The van der Waals surface area contributed by atoms with Crippen LogP contribution in [0.15, 0.2) is 42.5 Å². The van der Waals surface area contributed by atoms with Crippen molar-refractivity contribution >= 4 is 22.8 Å². The molecule has 0 unspecified atom stereocenters. The summed E-state index contributed by atoms with van der Waals surface area (Å²) in [5.74, 6) is 0.398. The van der Waals surface area contributed by atoms with E-state index in [1.54, 1.807) is 35.2 Å². The number of nitrogens with zero attached hydrogens (tertiary/aromatic N) is 4. The number of ether oxygens (including phenoxy) is 1. The number of benzene rings is 2. The van der Waals surface area contributed by atoms with E-state index < -0.39 is 0 Å². The first-order valence-electron chi connectivity index (χ1n) is 12.3. The Morgan fingerprint density at radius 1 is 1.00 bits per heavy atom. The van der Waals surface area contributed by atoms with E-state index in [2.05, 4.69) is 15.4 Å². The standard InChI is InChI=1S/C26H31N5O4/c32-18-26-9-3-4-12-30(24(33)19-7-8-21-22(17-19)28-29-27-21)15-16-35-23-6-2-1-5-20(23)25(34)31(13-10-26)14-11-26/h1-2,5-8,17,32H,3-4,9-16,18H2,(H,27,28,29). The number of rotatable bonds is 2. The van der Waals surface area contributed by atoms with Gasteiger partial charge in [-0.25, -0.2) is 0 Å². The van der Waals surface area contributed by atoms with Gasteiger partial charge in [0.1, 0.15) is 23.4 Å². The van der Waals surface area contributed by atoms with Crippen LogP contribution in [0.25, 0.3) is 11.0 Å². The van der Waals surface area contributed by atoms with Gasteiger partial charge in [-0.05, 0) is 61.4 Å². The molecule has 0 radical (unpaired) electrons. The fourth-order valence-electron chi connectivity index (χ4n) is 5.15. The fraction of sp³-hybridized carbons (Fsp3) is 0.462. The molecule has 1 aromatic heterocycles. The molecule has 9 heteroatoms. The zero-order valence-corrected chi connectivity index (χ0v) is 19.8. The molecule has 35 heavy (non-hydrogen) atoms. The van der Waals surface area contributed by atoms with Crippen molar-refractivity contribution in [1.82, 2.24) is 25.2 Å². The number of fused-ring (bicyclic) bond motifs is 10. The van der Waals surface area contributed by atoms with Crippen molar-refractivity contribution in [2.75, 3.05) is 39.4 Å². The first kappa shape index (κ1) is 23.3. The summed E-state index contributed by atoms with van der Waals surface area (Å²) in [7, 11) is 0. The Labute approximate surface area is 204 Å². The number of para-hydroxylation sites is 1. The van der Waals surface area contributed by atoms with Gasteiger partial charge >= 0.3 is 0 Å². The van der Waals surface area contributed by atoms with Crippen LogP contribution in [-0.2, 0) is 0 Å². The Morgan fingerprint density at radius 2 is 1.80 bits per heavy atom. The Bertz CT molecular complexity index is 1200. The van der Waals surface area contributed by atoms with Crippen LogP contribution in [0.1, 0.15) is 52.8 Å². The predicted molar refractivity (Wildman–Crippen MR) is 130 cm³/mol. The number of carbonyl (C=O) groups is 2. The second kappa shape index (κ2) is 10.0. The molecule has 2 amide bonds. The van der Waals surface area contributed by atoms with Gasteiger partial charge in [-0.1, -0.05) is 18.6 Å². The first-order valence-corrected chi connectivity index (χ1v) is 12.3. The normalized spacial score (nSPS) is 19.1. The van der Waals surface area contributed by atoms with Crippen LogP contribution >= 0.6 is 0 Å². The van der Waals surface area contributed by atoms with Crippen LogP contribution in [0.3, 0.4) is 0 Å². The average molecular weight is 478 g/mol. The smallest absolute Gasteiger partial charge is 0.257 e. The molecule has 3 aromatic rings. The van der Waals surface area contributed by atoms with Gasteiger partial charge in [0.2, 0.25) is 0 Å². The van der Waals surface area contributed by atoms with E-state index in [0.29, 0.717) is 54.1 Å². The zero-order chi connectivity index (χ0) is 24.3. The molecule has 1 saturated heterocycles. The fourth-order valence-corrected chi connectivity index (χ4v) is 5.15. The maximum atomic E-state index is 13.4. The first-order chi connectivity index (χ1) is 17.1. The third-order valence-corrected chi connectivity index (χ3v) is 7.42. The van der Waals surface area contributed by atoms with Gasteiger partial charge in [0.25, 0.3) is 11.8 Å². The van der Waals surface area contributed by atoms with Crippen molar-refractivity contribution in [3.63, 3.8) is 0 Å². The summed E-state index contributed by atoms with van der Waals surface area (Å²) in [5, 5.41) is 20.9. The Balaban J connectivity index is 1.39. The van der Waals surface area contributed by atoms with E-state index in [4.69, 9.17) is 4.74 Å². The van der Waals surface area contributed by atoms with Gasteiger partial charge in [0.05, 0.1) is 12.1 Å². The van der Waals surface area contributed by atoms with Gasteiger partial charge < -0.3 is 19.6 Å². The highest BCUT2D eigenvalue weighted by Crippen LogP contribution is 2.37. The largest absolute Gasteiger partial charge is 0.491 e. The van der Waals surface area contributed by atoms with Crippen molar-refractivity contribution in [1.29, 1.82) is 0 Å². The number of nitrogens with one attached hydrogen (secondary N) is 1. The number of amides is 2. The van der Waals surface area contributed by atoms with E-state index in [0.717, 1.165) is 32.1 Å². The van der Waals surface area contributed by atoms with Crippen LogP contribution in [0.4, 0.5) is 0 Å². The SMILES string of the molecule is O=C(c1ccc2n[nH]nc2c1)N1CCCCC2(CO)CCN(CC2)C(=O)c2ccccc2OCC1. The second-order valence-corrected chi connectivity index (χ2v) is 9.57. The van der Waals surface area contributed by atoms with Gasteiger partial charge in [-0.3, -0.25) is 9.59 Å². The van der Waals surface area contributed by atoms with E-state index in [-0.39, 0.29) is 30.4 Å². The number of hydrogen-bond acceptors (Lipinski definition) is 6. The third kappa shape index (κ3) is 4.86. The number of H-pyrrole nitrogens is 1. The van der Waals surface area contributed by atoms with Crippen LogP contribution in [0.5, 0.6) is 5.75 Å². The highest BCUT2D eigenvalue weighted by Gasteiger charge is 2.36. The number of aliphatic hydroxyl groups excluding tert-OH is 1. The zero-order valence-electron chi connectivity index (χ0n) is 19.8. The van der Waals surface area contributed by atoms with E-state index in [1.165, 1.54) is 0 Å². The maximum Gasteiger partial charge on any atom is 0.257 e. The van der Waals surface area contributed by atoms with Gasteiger partial charge in [0.15, 0.2) is 0 Å². The molecule has 0 atom stereocenters. The maximum absolute atomic E-state index is 13.4. The number of aromatic amines is 1. The summed E-state index contributed by atoms with van der Waals surface area (Å²) in [4.78, 5) is 30.4. The highest BCUT2D eigenvalue weighted by molar-refractivity contribution is 5.97. The summed E-state index contributed by atoms with van der Waals surface area (Å²) in [6, 6.07) is 12.6. The number of piperidine rings is 1. The Hall–Kier alpha value is -3.46. The lowest BCUT2D eigenvalue weighted by molar-refractivity contribution is 0.0297. The molecule has 184 valence electrons. The number of carbonyl (C=O) groups excluding carboxylic acids is 2. The summed E-state index contributed by atoms with van der Waals surface area (Å²) in [5.41, 5.74) is 2.28. The van der Waals surface area contributed by atoms with Crippen LogP contribution in [0, 0.1) is 5.41 Å². The minimum Gasteiger partial charge on any atom is -0.491 e. The number of aliphatic hydroxyl groups is 1. The van der Waals surface area contributed by atoms with E-state index in [9.17, 15) is 14.7 Å². The van der Waals surface area contributed by atoms with Crippen LogP contribution in [-0.4, -0.2) is 81.5 Å². The van der Waals surface area contributed by atoms with Gasteiger partial charge in [-0.15, -0.1) is 0 Å². The summed E-state index contributed by atoms with van der Waals surface area (Å²) < 4.78 is 6.05. The minimum absolute atomic E-state index is 0.0455. The van der Waals surface area contributed by atoms with E-state index in [1.807, 2.05) is 17.0 Å². The van der Waals surface area contributed by atoms with E-state index >= 15 is 0 Å². The number of hydrogen-bond donors (Lipinski definition) is 2. The summed E-state index contributed by atoms with van der Waals surface area (Å²) >= 11 is 0. The lowest BCUT2D eigenvalue weighted by Crippen LogP contribution is -2.44. The molecule has 0 aliphatic carbocycles. The molecular formula is C26H31N5O4. The minimum atomic E-state index is -0.167. The molecule has 0 saturated carbocycles. The lowest BCUT2D eigenvalue weighted by atomic mass is 9.75. The third-order valence-electron chi connectivity index (χ3n) is 7.42. The molecular weight excluding hydrogens is 446 g/mol. The van der Waals surface area contributed by atoms with Crippen molar-refractivity contribution in [2.45, 2.75) is 32.1 Å². The molecule has 3 aliphatic heterocycles. The number of aromatic nitrogens is 3. The summed E-state index contributed by atoms with van der Waals surface area (Å²) in [6.07, 6.45) is 4.17. The highest BCUT2D eigenvalue weighted by atomic mass is 16.5. The van der Waals surface area contributed by atoms with Gasteiger partial charge in [-0.2, -0.15) is 15.4 Å². The lowest BCUT2D eigenvalue weighted by Gasteiger charge is -2.41. The topological polar surface area (TPSA) is 112 Å². The molecule has 6 rings (SSSR count). The molecule has 1 fully saturated rings. The molecule has 9 nitrogen and oxygen atoms in total. The summed E-state index contributed by atoms with van der Waals surface area (Å²) in [6.45, 7) is 2.64. The molecule has 3 aliphatic rings. The second-order valence-electron chi connectivity index (χ2n) is 9.57. The van der Waals surface area contributed by atoms with Gasteiger partial charge in [0, 0.05) is 31.8 Å². The van der Waals surface area contributed by atoms with Crippen molar-refractivity contribution in [3.8, 4) is 5.75 Å². The van der Waals surface area contributed by atoms with Crippen molar-refractivity contribution < 1.29 is 19.4 Å². The predicted octanol–water partition coefficient (Wildman–Crippen LogP) is 2.88.